The van der Waals surface area contributed by atoms with Crippen molar-refractivity contribution in [2.24, 2.45) is 0 Å². The van der Waals surface area contributed by atoms with Crippen molar-refractivity contribution in [3.8, 4) is 0 Å². The highest BCUT2D eigenvalue weighted by Crippen LogP contribution is 2.11. The zero-order valence-corrected chi connectivity index (χ0v) is 12.1. The summed E-state index contributed by atoms with van der Waals surface area (Å²) in [6, 6.07) is 10.3. The molecule has 2 N–H and O–H groups in total. The first-order valence-electron chi connectivity index (χ1n) is 7.46. The first-order chi connectivity index (χ1) is 9.69. The predicted octanol–water partition coefficient (Wildman–Crippen LogP) is 2.17. The van der Waals surface area contributed by atoms with Crippen LogP contribution in [0.2, 0.25) is 0 Å². The first kappa shape index (κ1) is 14.9. The molecule has 1 heterocycles. The van der Waals surface area contributed by atoms with E-state index in [4.69, 9.17) is 0 Å². The second-order valence-electron chi connectivity index (χ2n) is 5.49. The number of carbonyl (C=O) groups is 1. The van der Waals surface area contributed by atoms with Crippen LogP contribution in [0.5, 0.6) is 0 Å². The average Bonchev–Trinajstić information content (AvgIpc) is 2.47. The molecule has 0 bridgehead atoms. The van der Waals surface area contributed by atoms with E-state index in [1.165, 1.54) is 5.56 Å². The van der Waals surface area contributed by atoms with Gasteiger partial charge in [-0.05, 0) is 31.2 Å². The molecule has 2 unspecified atom stereocenters. The SMILES string of the molecule is CCC(Cc1ccccc1)NC(=O)N1CCCC(O)C1. The van der Waals surface area contributed by atoms with Gasteiger partial charge in [0.25, 0.3) is 0 Å². The molecule has 0 aromatic heterocycles. The molecular formula is C16H24N2O2. The molecule has 110 valence electrons. The minimum atomic E-state index is -0.372. The molecule has 1 aromatic rings. The summed E-state index contributed by atoms with van der Waals surface area (Å²) in [6.45, 7) is 3.28. The molecule has 2 atom stereocenters. The van der Waals surface area contributed by atoms with Crippen LogP contribution in [0.25, 0.3) is 0 Å². The Morgan fingerprint density at radius 3 is 2.85 bits per heavy atom. The van der Waals surface area contributed by atoms with Crippen molar-refractivity contribution in [3.63, 3.8) is 0 Å². The van der Waals surface area contributed by atoms with Gasteiger partial charge >= 0.3 is 6.03 Å². The van der Waals surface area contributed by atoms with Crippen LogP contribution in [0.15, 0.2) is 30.3 Å². The van der Waals surface area contributed by atoms with E-state index in [9.17, 15) is 9.90 Å². The standard InChI is InChI=1S/C16H24N2O2/c1-2-14(11-13-7-4-3-5-8-13)17-16(20)18-10-6-9-15(19)12-18/h3-5,7-8,14-15,19H,2,6,9-12H2,1H3,(H,17,20). The van der Waals surface area contributed by atoms with Gasteiger partial charge in [0.15, 0.2) is 0 Å². The Balaban J connectivity index is 1.87. The van der Waals surface area contributed by atoms with Crippen molar-refractivity contribution in [1.29, 1.82) is 0 Å². The summed E-state index contributed by atoms with van der Waals surface area (Å²) in [5.74, 6) is 0. The molecule has 2 amide bonds. The number of rotatable bonds is 4. The summed E-state index contributed by atoms with van der Waals surface area (Å²) >= 11 is 0. The third-order valence-electron chi connectivity index (χ3n) is 3.83. The number of β-amino-alcohol motifs (C(OH)–C–C–N with tert-alkyl or cyclic N) is 1. The molecule has 1 aliphatic rings. The van der Waals surface area contributed by atoms with Crippen LogP contribution in [0.1, 0.15) is 31.7 Å². The summed E-state index contributed by atoms with van der Waals surface area (Å²) < 4.78 is 0. The van der Waals surface area contributed by atoms with Crippen molar-refractivity contribution in [1.82, 2.24) is 10.2 Å². The van der Waals surface area contributed by atoms with E-state index >= 15 is 0 Å². The van der Waals surface area contributed by atoms with E-state index in [0.29, 0.717) is 6.54 Å². The largest absolute Gasteiger partial charge is 0.391 e. The number of benzene rings is 1. The summed E-state index contributed by atoms with van der Waals surface area (Å²) in [7, 11) is 0. The molecule has 0 spiro atoms. The highest BCUT2D eigenvalue weighted by molar-refractivity contribution is 5.74. The van der Waals surface area contributed by atoms with Gasteiger partial charge in [-0.15, -0.1) is 0 Å². The smallest absolute Gasteiger partial charge is 0.317 e. The number of aliphatic hydroxyl groups is 1. The van der Waals surface area contributed by atoms with E-state index in [1.54, 1.807) is 4.90 Å². The number of nitrogens with zero attached hydrogens (tertiary/aromatic N) is 1. The zero-order valence-electron chi connectivity index (χ0n) is 12.1. The number of hydrogen-bond donors (Lipinski definition) is 2. The summed E-state index contributed by atoms with van der Waals surface area (Å²) in [4.78, 5) is 13.9. The van der Waals surface area contributed by atoms with E-state index in [1.807, 2.05) is 18.2 Å². The maximum atomic E-state index is 12.2. The fourth-order valence-electron chi connectivity index (χ4n) is 2.60. The van der Waals surface area contributed by atoms with Crippen LogP contribution in [-0.4, -0.2) is 41.3 Å². The lowest BCUT2D eigenvalue weighted by molar-refractivity contribution is 0.0832. The van der Waals surface area contributed by atoms with E-state index < -0.39 is 0 Å². The Hall–Kier alpha value is -1.55. The summed E-state index contributed by atoms with van der Waals surface area (Å²) in [5.41, 5.74) is 1.23. The molecule has 20 heavy (non-hydrogen) atoms. The summed E-state index contributed by atoms with van der Waals surface area (Å²) in [5, 5.41) is 12.7. The minimum Gasteiger partial charge on any atom is -0.391 e. The van der Waals surface area contributed by atoms with Crippen molar-refractivity contribution >= 4 is 6.03 Å². The van der Waals surface area contributed by atoms with Gasteiger partial charge in [-0.2, -0.15) is 0 Å². The van der Waals surface area contributed by atoms with Gasteiger partial charge in [0.05, 0.1) is 6.10 Å². The van der Waals surface area contributed by atoms with Crippen LogP contribution < -0.4 is 5.32 Å². The maximum absolute atomic E-state index is 12.2. The Morgan fingerprint density at radius 2 is 2.20 bits per heavy atom. The van der Waals surface area contributed by atoms with E-state index in [0.717, 1.165) is 32.2 Å². The second-order valence-corrected chi connectivity index (χ2v) is 5.49. The Bertz CT molecular complexity index is 422. The fraction of sp³-hybridized carbons (Fsp3) is 0.562. The Kier molecular flexibility index (Phi) is 5.41. The number of carbonyl (C=O) groups excluding carboxylic acids is 1. The van der Waals surface area contributed by atoms with Gasteiger partial charge in [0, 0.05) is 19.1 Å². The molecule has 4 nitrogen and oxygen atoms in total. The van der Waals surface area contributed by atoms with Gasteiger partial charge in [-0.3, -0.25) is 0 Å². The Labute approximate surface area is 120 Å². The van der Waals surface area contributed by atoms with Gasteiger partial charge in [-0.1, -0.05) is 37.3 Å². The van der Waals surface area contributed by atoms with E-state index in [2.05, 4.69) is 24.4 Å². The number of piperidine rings is 1. The summed E-state index contributed by atoms with van der Waals surface area (Å²) in [6.07, 6.45) is 3.05. The predicted molar refractivity (Wildman–Crippen MR) is 79.6 cm³/mol. The highest BCUT2D eigenvalue weighted by Gasteiger charge is 2.23. The van der Waals surface area contributed by atoms with Crippen LogP contribution in [0.4, 0.5) is 4.79 Å². The minimum absolute atomic E-state index is 0.0495. The van der Waals surface area contributed by atoms with Gasteiger partial charge < -0.3 is 15.3 Å². The number of likely N-dealkylation sites (tertiary alicyclic amines) is 1. The van der Waals surface area contributed by atoms with Crippen molar-refractivity contribution in [2.45, 2.75) is 44.8 Å². The fourth-order valence-corrected chi connectivity index (χ4v) is 2.60. The average molecular weight is 276 g/mol. The zero-order chi connectivity index (χ0) is 14.4. The highest BCUT2D eigenvalue weighted by atomic mass is 16.3. The third kappa shape index (κ3) is 4.23. The molecule has 1 aromatic carbocycles. The van der Waals surface area contributed by atoms with Crippen LogP contribution in [0, 0.1) is 0 Å². The quantitative estimate of drug-likeness (QED) is 0.885. The number of urea groups is 1. The number of hydrogen-bond acceptors (Lipinski definition) is 2. The lowest BCUT2D eigenvalue weighted by atomic mass is 10.0. The van der Waals surface area contributed by atoms with Crippen LogP contribution in [-0.2, 0) is 6.42 Å². The number of amides is 2. The molecule has 0 radical (unpaired) electrons. The van der Waals surface area contributed by atoms with Crippen molar-refractivity contribution < 1.29 is 9.90 Å². The third-order valence-corrected chi connectivity index (χ3v) is 3.83. The molecule has 1 aliphatic heterocycles. The molecule has 0 aliphatic carbocycles. The first-order valence-corrected chi connectivity index (χ1v) is 7.46. The topological polar surface area (TPSA) is 52.6 Å². The molecule has 1 saturated heterocycles. The van der Waals surface area contributed by atoms with Gasteiger partial charge in [-0.25, -0.2) is 4.79 Å². The number of nitrogens with one attached hydrogen (secondary N) is 1. The van der Waals surface area contributed by atoms with Crippen molar-refractivity contribution in [3.05, 3.63) is 35.9 Å². The Morgan fingerprint density at radius 1 is 1.45 bits per heavy atom. The second kappa shape index (κ2) is 7.29. The van der Waals surface area contributed by atoms with Crippen LogP contribution >= 0.6 is 0 Å². The molecular weight excluding hydrogens is 252 g/mol. The molecule has 2 rings (SSSR count). The van der Waals surface area contributed by atoms with Crippen molar-refractivity contribution in [2.75, 3.05) is 13.1 Å². The monoisotopic (exact) mass is 276 g/mol. The maximum Gasteiger partial charge on any atom is 0.317 e. The molecule has 1 fully saturated rings. The normalized spacial score (nSPS) is 20.5. The molecule has 0 saturated carbocycles. The van der Waals surface area contributed by atoms with Gasteiger partial charge in [0.1, 0.15) is 0 Å². The van der Waals surface area contributed by atoms with Gasteiger partial charge in [0.2, 0.25) is 0 Å². The lowest BCUT2D eigenvalue weighted by Gasteiger charge is -2.31. The lowest BCUT2D eigenvalue weighted by Crippen LogP contribution is -2.50. The van der Waals surface area contributed by atoms with E-state index in [-0.39, 0.29) is 18.2 Å². The molecule has 4 heteroatoms. The number of aliphatic hydroxyl groups excluding tert-OH is 1. The van der Waals surface area contributed by atoms with Crippen LogP contribution in [0.3, 0.4) is 0 Å².